The van der Waals surface area contributed by atoms with E-state index in [9.17, 15) is 9.59 Å². The predicted octanol–water partition coefficient (Wildman–Crippen LogP) is 4.47. The van der Waals surface area contributed by atoms with Gasteiger partial charge >= 0.3 is 11.9 Å². The highest BCUT2D eigenvalue weighted by atomic mass is 16.4. The number of hydrogen-bond donors (Lipinski definition) is 2. The Balaban J connectivity index is 3.42. The fourth-order valence-corrected chi connectivity index (χ4v) is 2.50. The van der Waals surface area contributed by atoms with Gasteiger partial charge in [-0.25, -0.2) is 0 Å². The normalized spacial score (nSPS) is 12.2. The molecular weight excluding hydrogens is 256 g/mol. The highest BCUT2D eigenvalue weighted by molar-refractivity contribution is 5.66. The van der Waals surface area contributed by atoms with Crippen molar-refractivity contribution in [3.8, 4) is 0 Å². The molecule has 0 aromatic heterocycles. The van der Waals surface area contributed by atoms with Crippen molar-refractivity contribution in [2.45, 2.75) is 84.0 Å². The average Bonchev–Trinajstić information content (AvgIpc) is 2.39. The van der Waals surface area contributed by atoms with E-state index in [4.69, 9.17) is 10.2 Å². The van der Waals surface area contributed by atoms with Gasteiger partial charge in [0.15, 0.2) is 0 Å². The van der Waals surface area contributed by atoms with Gasteiger partial charge in [-0.15, -0.1) is 0 Å². The molecule has 4 heteroatoms. The Hall–Kier alpha value is -1.06. The molecule has 0 amide bonds. The SMILES string of the molecule is CCC(CCCCCCC(=O)O)CCCCCC(=O)O. The van der Waals surface area contributed by atoms with E-state index < -0.39 is 11.9 Å². The second-order valence-electron chi connectivity index (χ2n) is 5.61. The Morgan fingerprint density at radius 1 is 0.750 bits per heavy atom. The van der Waals surface area contributed by atoms with Crippen LogP contribution < -0.4 is 0 Å². The van der Waals surface area contributed by atoms with Crippen molar-refractivity contribution < 1.29 is 19.8 Å². The average molecular weight is 286 g/mol. The standard InChI is InChI=1S/C16H30O4/c1-2-14(11-7-5-9-13-16(19)20)10-6-3-4-8-12-15(17)18/h14H,2-13H2,1H3,(H,17,18)(H,19,20). The molecule has 0 saturated carbocycles. The first-order chi connectivity index (χ1) is 9.56. The lowest BCUT2D eigenvalue weighted by molar-refractivity contribution is -0.138. The van der Waals surface area contributed by atoms with Crippen molar-refractivity contribution in [1.82, 2.24) is 0 Å². The monoisotopic (exact) mass is 286 g/mol. The fourth-order valence-electron chi connectivity index (χ4n) is 2.50. The second-order valence-corrected chi connectivity index (χ2v) is 5.61. The molecule has 4 nitrogen and oxygen atoms in total. The smallest absolute Gasteiger partial charge is 0.303 e. The van der Waals surface area contributed by atoms with E-state index in [2.05, 4.69) is 6.92 Å². The van der Waals surface area contributed by atoms with E-state index >= 15 is 0 Å². The topological polar surface area (TPSA) is 74.6 Å². The number of carbonyl (C=O) groups is 2. The van der Waals surface area contributed by atoms with Gasteiger partial charge in [0.1, 0.15) is 0 Å². The van der Waals surface area contributed by atoms with Crippen molar-refractivity contribution in [2.75, 3.05) is 0 Å². The molecule has 0 aliphatic heterocycles. The Morgan fingerprint density at radius 3 is 1.55 bits per heavy atom. The van der Waals surface area contributed by atoms with E-state index in [1.54, 1.807) is 0 Å². The second kappa shape index (κ2) is 12.9. The van der Waals surface area contributed by atoms with Gasteiger partial charge in [-0.05, 0) is 18.8 Å². The summed E-state index contributed by atoms with van der Waals surface area (Å²) in [5, 5.41) is 17.1. The van der Waals surface area contributed by atoms with Crippen LogP contribution in [0.15, 0.2) is 0 Å². The first kappa shape index (κ1) is 18.9. The summed E-state index contributed by atoms with van der Waals surface area (Å²) in [7, 11) is 0. The minimum atomic E-state index is -0.696. The van der Waals surface area contributed by atoms with Crippen LogP contribution in [0.1, 0.15) is 84.0 Å². The molecule has 0 heterocycles. The summed E-state index contributed by atoms with van der Waals surface area (Å²) in [5.74, 6) is -0.643. The first-order valence-electron chi connectivity index (χ1n) is 7.99. The fraction of sp³-hybridized carbons (Fsp3) is 0.875. The van der Waals surface area contributed by atoms with Crippen LogP contribution in [0.2, 0.25) is 0 Å². The van der Waals surface area contributed by atoms with Gasteiger partial charge in [0.2, 0.25) is 0 Å². The molecule has 0 saturated heterocycles. The summed E-state index contributed by atoms with van der Waals surface area (Å²) in [6.07, 6.45) is 11.3. The van der Waals surface area contributed by atoms with Crippen molar-refractivity contribution in [2.24, 2.45) is 5.92 Å². The number of carboxylic acids is 2. The summed E-state index contributed by atoms with van der Waals surface area (Å²) in [5.41, 5.74) is 0. The Bertz CT molecular complexity index is 263. The molecule has 118 valence electrons. The molecule has 0 aliphatic rings. The van der Waals surface area contributed by atoms with Crippen LogP contribution in [-0.2, 0) is 9.59 Å². The maximum Gasteiger partial charge on any atom is 0.303 e. The van der Waals surface area contributed by atoms with Gasteiger partial charge in [-0.2, -0.15) is 0 Å². The van der Waals surface area contributed by atoms with E-state index in [0.717, 1.165) is 44.4 Å². The van der Waals surface area contributed by atoms with Gasteiger partial charge in [0, 0.05) is 12.8 Å². The summed E-state index contributed by atoms with van der Waals surface area (Å²) in [4.78, 5) is 20.7. The maximum absolute atomic E-state index is 10.4. The lowest BCUT2D eigenvalue weighted by Crippen LogP contribution is -2.00. The minimum absolute atomic E-state index is 0.292. The lowest BCUT2D eigenvalue weighted by Gasteiger charge is -2.14. The zero-order valence-corrected chi connectivity index (χ0v) is 12.8. The van der Waals surface area contributed by atoms with Crippen molar-refractivity contribution in [1.29, 1.82) is 0 Å². The van der Waals surface area contributed by atoms with Gasteiger partial charge < -0.3 is 10.2 Å². The number of rotatable bonds is 14. The highest BCUT2D eigenvalue weighted by Crippen LogP contribution is 2.21. The van der Waals surface area contributed by atoms with Gasteiger partial charge in [-0.3, -0.25) is 9.59 Å². The molecule has 20 heavy (non-hydrogen) atoms. The molecule has 2 N–H and O–H groups in total. The van der Waals surface area contributed by atoms with Crippen LogP contribution in [0.4, 0.5) is 0 Å². The molecule has 1 unspecified atom stereocenters. The zero-order valence-electron chi connectivity index (χ0n) is 12.8. The zero-order chi connectivity index (χ0) is 15.2. The van der Waals surface area contributed by atoms with Crippen LogP contribution >= 0.6 is 0 Å². The molecule has 0 radical (unpaired) electrons. The van der Waals surface area contributed by atoms with Crippen molar-refractivity contribution >= 4 is 11.9 Å². The molecule has 0 spiro atoms. The lowest BCUT2D eigenvalue weighted by atomic mass is 9.92. The molecule has 0 aliphatic carbocycles. The Kier molecular flexibility index (Phi) is 12.3. The van der Waals surface area contributed by atoms with E-state index in [-0.39, 0.29) is 0 Å². The summed E-state index contributed by atoms with van der Waals surface area (Å²) >= 11 is 0. The number of carboxylic acid groups (broad SMARTS) is 2. The van der Waals surface area contributed by atoms with Crippen LogP contribution in [0.5, 0.6) is 0 Å². The summed E-state index contributed by atoms with van der Waals surface area (Å²) in [6, 6.07) is 0. The van der Waals surface area contributed by atoms with Gasteiger partial charge in [0.05, 0.1) is 0 Å². The van der Waals surface area contributed by atoms with Crippen LogP contribution in [0.3, 0.4) is 0 Å². The number of unbranched alkanes of at least 4 members (excludes halogenated alkanes) is 5. The van der Waals surface area contributed by atoms with Crippen LogP contribution in [-0.4, -0.2) is 22.2 Å². The molecular formula is C16H30O4. The Labute approximate surface area is 122 Å². The number of hydrogen-bond acceptors (Lipinski definition) is 2. The predicted molar refractivity (Wildman–Crippen MR) is 79.8 cm³/mol. The highest BCUT2D eigenvalue weighted by Gasteiger charge is 2.06. The molecule has 0 bridgehead atoms. The third kappa shape index (κ3) is 13.4. The summed E-state index contributed by atoms with van der Waals surface area (Å²) < 4.78 is 0. The van der Waals surface area contributed by atoms with E-state index in [0.29, 0.717) is 12.8 Å². The molecule has 0 aromatic carbocycles. The van der Waals surface area contributed by atoms with E-state index in [1.165, 1.54) is 25.7 Å². The first-order valence-corrected chi connectivity index (χ1v) is 7.99. The summed E-state index contributed by atoms with van der Waals surface area (Å²) in [6.45, 7) is 2.21. The largest absolute Gasteiger partial charge is 0.481 e. The third-order valence-corrected chi connectivity index (χ3v) is 3.83. The molecule has 0 rings (SSSR count). The minimum Gasteiger partial charge on any atom is -0.481 e. The Morgan fingerprint density at radius 2 is 1.15 bits per heavy atom. The third-order valence-electron chi connectivity index (χ3n) is 3.83. The van der Waals surface area contributed by atoms with Gasteiger partial charge in [-0.1, -0.05) is 58.3 Å². The van der Waals surface area contributed by atoms with Crippen LogP contribution in [0, 0.1) is 5.92 Å². The van der Waals surface area contributed by atoms with Crippen molar-refractivity contribution in [3.05, 3.63) is 0 Å². The molecule has 0 fully saturated rings. The molecule has 1 atom stereocenters. The number of aliphatic carboxylic acids is 2. The molecule has 0 aromatic rings. The maximum atomic E-state index is 10.4. The van der Waals surface area contributed by atoms with E-state index in [1.807, 2.05) is 0 Å². The van der Waals surface area contributed by atoms with Gasteiger partial charge in [0.25, 0.3) is 0 Å². The van der Waals surface area contributed by atoms with Crippen LogP contribution in [0.25, 0.3) is 0 Å². The van der Waals surface area contributed by atoms with Crippen molar-refractivity contribution in [3.63, 3.8) is 0 Å². The quantitative estimate of drug-likeness (QED) is 0.462.